The predicted octanol–water partition coefficient (Wildman–Crippen LogP) is 6.24. The number of para-hydroxylation sites is 1. The fourth-order valence-corrected chi connectivity index (χ4v) is 5.42. The molecule has 1 aliphatic rings. The summed E-state index contributed by atoms with van der Waals surface area (Å²) in [5, 5.41) is 4.27. The lowest BCUT2D eigenvalue weighted by Gasteiger charge is -2.30. The number of carbonyl (C=O) groups excluding carboxylic acids is 1. The summed E-state index contributed by atoms with van der Waals surface area (Å²) in [6.07, 6.45) is 0. The third-order valence-electron chi connectivity index (χ3n) is 5.54. The van der Waals surface area contributed by atoms with Crippen LogP contribution in [-0.4, -0.2) is 25.9 Å². The Balaban J connectivity index is 1.69. The molecule has 0 radical (unpaired) electrons. The Hall–Kier alpha value is -2.45. The van der Waals surface area contributed by atoms with Crippen LogP contribution in [0, 0.1) is 5.41 Å². The van der Waals surface area contributed by atoms with E-state index in [9.17, 15) is 13.2 Å². The third-order valence-corrected chi connectivity index (χ3v) is 7.88. The summed E-state index contributed by atoms with van der Waals surface area (Å²) >= 11 is 18.1. The third kappa shape index (κ3) is 4.98. The number of halogens is 3. The van der Waals surface area contributed by atoms with Gasteiger partial charge in [0.15, 0.2) is 0 Å². The van der Waals surface area contributed by atoms with Crippen LogP contribution in [0.5, 0.6) is 0 Å². The van der Waals surface area contributed by atoms with E-state index in [1.54, 1.807) is 17.1 Å². The predicted molar refractivity (Wildman–Crippen MR) is 137 cm³/mol. The molecule has 0 bridgehead atoms. The molecular formula is C24H22Cl3N3O3S. The first kappa shape index (κ1) is 24.7. The summed E-state index contributed by atoms with van der Waals surface area (Å²) in [5.41, 5.74) is 1.11. The van der Waals surface area contributed by atoms with Gasteiger partial charge in [0.05, 0.1) is 44.8 Å². The minimum atomic E-state index is -4.00. The van der Waals surface area contributed by atoms with Crippen molar-refractivity contribution in [2.24, 2.45) is 5.41 Å². The van der Waals surface area contributed by atoms with Gasteiger partial charge >= 0.3 is 0 Å². The SMILES string of the molecule is CC1(C)CN(c2ccccc2)N(Cc2ccc(Cl)cc2NS(=O)(=O)c2ccc(Cl)c(Cl)c2)C1=O. The van der Waals surface area contributed by atoms with Crippen molar-refractivity contribution in [2.45, 2.75) is 25.3 Å². The van der Waals surface area contributed by atoms with E-state index >= 15 is 0 Å². The van der Waals surface area contributed by atoms with Crippen LogP contribution in [-0.2, 0) is 21.4 Å². The number of carbonyl (C=O) groups is 1. The number of hydrazine groups is 1. The van der Waals surface area contributed by atoms with Gasteiger partial charge in [0.2, 0.25) is 5.91 Å². The first-order chi connectivity index (χ1) is 16.0. The number of amides is 1. The van der Waals surface area contributed by atoms with Gasteiger partial charge in [0.25, 0.3) is 10.0 Å². The molecule has 0 saturated carbocycles. The molecule has 1 aliphatic heterocycles. The van der Waals surface area contributed by atoms with E-state index in [1.165, 1.54) is 24.3 Å². The van der Waals surface area contributed by atoms with Crippen LogP contribution in [0.25, 0.3) is 0 Å². The number of benzene rings is 3. The Labute approximate surface area is 214 Å². The lowest BCUT2D eigenvalue weighted by Crippen LogP contribution is -2.39. The van der Waals surface area contributed by atoms with Gasteiger partial charge in [-0.15, -0.1) is 0 Å². The second kappa shape index (κ2) is 9.30. The van der Waals surface area contributed by atoms with Crippen LogP contribution in [0.15, 0.2) is 71.6 Å². The molecule has 1 saturated heterocycles. The van der Waals surface area contributed by atoms with Crippen LogP contribution >= 0.6 is 34.8 Å². The second-order valence-electron chi connectivity index (χ2n) is 8.62. The van der Waals surface area contributed by atoms with Crippen LogP contribution < -0.4 is 9.73 Å². The first-order valence-electron chi connectivity index (χ1n) is 10.4. The topological polar surface area (TPSA) is 69.7 Å². The number of anilines is 2. The number of rotatable bonds is 6. The van der Waals surface area contributed by atoms with Crippen molar-refractivity contribution in [1.29, 1.82) is 0 Å². The Morgan fingerprint density at radius 3 is 2.32 bits per heavy atom. The van der Waals surface area contributed by atoms with Gasteiger partial charge in [0, 0.05) is 5.02 Å². The van der Waals surface area contributed by atoms with Crippen molar-refractivity contribution in [2.75, 3.05) is 16.3 Å². The maximum absolute atomic E-state index is 13.3. The molecular weight excluding hydrogens is 517 g/mol. The van der Waals surface area contributed by atoms with Crippen molar-refractivity contribution in [3.05, 3.63) is 87.4 Å². The summed E-state index contributed by atoms with van der Waals surface area (Å²) < 4.78 is 28.7. The Morgan fingerprint density at radius 1 is 0.941 bits per heavy atom. The van der Waals surface area contributed by atoms with Crippen LogP contribution in [0.1, 0.15) is 19.4 Å². The zero-order valence-electron chi connectivity index (χ0n) is 18.4. The van der Waals surface area contributed by atoms with Gasteiger partial charge in [-0.25, -0.2) is 13.4 Å². The Morgan fingerprint density at radius 2 is 1.65 bits per heavy atom. The minimum Gasteiger partial charge on any atom is -0.282 e. The number of nitrogens with one attached hydrogen (secondary N) is 1. The van der Waals surface area contributed by atoms with Crippen LogP contribution in [0.2, 0.25) is 15.1 Å². The maximum atomic E-state index is 13.3. The van der Waals surface area contributed by atoms with Crippen molar-refractivity contribution >= 4 is 62.1 Å². The Kier molecular flexibility index (Phi) is 6.75. The largest absolute Gasteiger partial charge is 0.282 e. The minimum absolute atomic E-state index is 0.0443. The molecule has 1 heterocycles. The number of hydrogen-bond donors (Lipinski definition) is 1. The van der Waals surface area contributed by atoms with Gasteiger partial charge in [-0.3, -0.25) is 14.5 Å². The molecule has 1 amide bonds. The van der Waals surface area contributed by atoms with E-state index in [-0.39, 0.29) is 33.1 Å². The van der Waals surface area contributed by atoms with Gasteiger partial charge in [-0.2, -0.15) is 0 Å². The van der Waals surface area contributed by atoms with Gasteiger partial charge < -0.3 is 0 Å². The van der Waals surface area contributed by atoms with E-state index in [0.29, 0.717) is 17.1 Å². The Bertz CT molecular complexity index is 1350. The molecule has 6 nitrogen and oxygen atoms in total. The highest BCUT2D eigenvalue weighted by Gasteiger charge is 2.44. The molecule has 10 heteroatoms. The number of sulfonamides is 1. The molecule has 0 aromatic heterocycles. The van der Waals surface area contributed by atoms with Crippen molar-refractivity contribution in [1.82, 2.24) is 5.01 Å². The molecule has 3 aromatic carbocycles. The van der Waals surface area contributed by atoms with E-state index in [0.717, 1.165) is 5.69 Å². The molecule has 0 unspecified atom stereocenters. The van der Waals surface area contributed by atoms with E-state index in [1.807, 2.05) is 49.2 Å². The summed E-state index contributed by atoms with van der Waals surface area (Å²) in [6, 6.07) is 18.5. The van der Waals surface area contributed by atoms with E-state index in [4.69, 9.17) is 34.8 Å². The summed E-state index contributed by atoms with van der Waals surface area (Å²) in [5.74, 6) is -0.0652. The maximum Gasteiger partial charge on any atom is 0.261 e. The smallest absolute Gasteiger partial charge is 0.261 e. The summed E-state index contributed by atoms with van der Waals surface area (Å²) in [4.78, 5) is 13.2. The van der Waals surface area contributed by atoms with Crippen molar-refractivity contribution in [3.63, 3.8) is 0 Å². The molecule has 3 aromatic rings. The first-order valence-corrected chi connectivity index (χ1v) is 13.0. The molecule has 4 rings (SSSR count). The molecule has 0 spiro atoms. The highest BCUT2D eigenvalue weighted by molar-refractivity contribution is 7.92. The monoisotopic (exact) mass is 537 g/mol. The lowest BCUT2D eigenvalue weighted by atomic mass is 9.94. The highest BCUT2D eigenvalue weighted by Crippen LogP contribution is 2.36. The molecule has 34 heavy (non-hydrogen) atoms. The van der Waals surface area contributed by atoms with E-state index in [2.05, 4.69) is 4.72 Å². The van der Waals surface area contributed by atoms with Gasteiger partial charge in [-0.05, 0) is 61.9 Å². The summed E-state index contributed by atoms with van der Waals surface area (Å²) in [7, 11) is -4.00. The average molecular weight is 539 g/mol. The zero-order chi connectivity index (χ0) is 24.7. The standard InChI is InChI=1S/C24H22Cl3N3O3S/c1-24(2)15-30(18-6-4-3-5-7-18)29(23(24)31)14-16-8-9-17(25)12-22(16)28-34(32,33)19-10-11-20(26)21(27)13-19/h3-13,28H,14-15H2,1-2H3. The van der Waals surface area contributed by atoms with Crippen molar-refractivity contribution in [3.8, 4) is 0 Å². The second-order valence-corrected chi connectivity index (χ2v) is 11.6. The van der Waals surface area contributed by atoms with Crippen molar-refractivity contribution < 1.29 is 13.2 Å². The molecule has 1 N–H and O–H groups in total. The average Bonchev–Trinajstić information content (AvgIpc) is 3.01. The number of nitrogens with zero attached hydrogens (tertiary/aromatic N) is 2. The molecule has 178 valence electrons. The highest BCUT2D eigenvalue weighted by atomic mass is 35.5. The molecule has 0 aliphatic carbocycles. The fraction of sp³-hybridized carbons (Fsp3) is 0.208. The quantitative estimate of drug-likeness (QED) is 0.403. The van der Waals surface area contributed by atoms with Gasteiger partial charge in [-0.1, -0.05) is 59.1 Å². The molecule has 1 fully saturated rings. The summed E-state index contributed by atoms with van der Waals surface area (Å²) in [6.45, 7) is 4.42. The normalized spacial score (nSPS) is 15.6. The van der Waals surface area contributed by atoms with E-state index < -0.39 is 15.4 Å². The zero-order valence-corrected chi connectivity index (χ0v) is 21.5. The molecule has 0 atom stereocenters. The van der Waals surface area contributed by atoms with Crippen LogP contribution in [0.4, 0.5) is 11.4 Å². The van der Waals surface area contributed by atoms with Crippen LogP contribution in [0.3, 0.4) is 0 Å². The van der Waals surface area contributed by atoms with Gasteiger partial charge in [0.1, 0.15) is 0 Å². The lowest BCUT2D eigenvalue weighted by molar-refractivity contribution is -0.135. The fourth-order valence-electron chi connectivity index (χ4n) is 3.76. The number of hydrogen-bond acceptors (Lipinski definition) is 4.